The van der Waals surface area contributed by atoms with Crippen molar-refractivity contribution >= 4 is 17.6 Å². The van der Waals surface area contributed by atoms with Crippen LogP contribution in [0, 0.1) is 5.92 Å². The van der Waals surface area contributed by atoms with E-state index in [1.165, 1.54) is 0 Å². The number of hydrogen-bond acceptors (Lipinski definition) is 3. The number of nitrogens with two attached hydrogens (primary N) is 1. The summed E-state index contributed by atoms with van der Waals surface area (Å²) in [6.07, 6.45) is 3.02. The van der Waals surface area contributed by atoms with Gasteiger partial charge in [0.1, 0.15) is 0 Å². The summed E-state index contributed by atoms with van der Waals surface area (Å²) in [4.78, 5) is 25.1. The molecule has 1 aromatic rings. The second-order valence-electron chi connectivity index (χ2n) is 5.67. The van der Waals surface area contributed by atoms with Crippen molar-refractivity contribution in [3.8, 4) is 0 Å². The topological polar surface area (TPSA) is 83.6 Å². The Kier molecular flexibility index (Phi) is 4.96. The van der Waals surface area contributed by atoms with Crippen LogP contribution in [0.1, 0.15) is 42.1 Å². The van der Waals surface area contributed by atoms with Crippen molar-refractivity contribution in [2.45, 2.75) is 32.6 Å². The van der Waals surface area contributed by atoms with Gasteiger partial charge >= 0.3 is 5.97 Å². The van der Waals surface area contributed by atoms with Gasteiger partial charge in [0.05, 0.1) is 5.56 Å². The third-order valence-corrected chi connectivity index (χ3v) is 4.03. The minimum atomic E-state index is -0.932. The molecule has 2 rings (SSSR count). The smallest absolute Gasteiger partial charge is 0.335 e. The maximum absolute atomic E-state index is 12.3. The number of carbonyl (C=O) groups is 2. The van der Waals surface area contributed by atoms with Gasteiger partial charge in [0.2, 0.25) is 5.91 Å². The maximum Gasteiger partial charge on any atom is 0.335 e. The number of aromatic carboxylic acids is 1. The molecule has 1 unspecified atom stereocenters. The van der Waals surface area contributed by atoms with E-state index in [2.05, 4.69) is 6.92 Å². The molecule has 0 aliphatic carbocycles. The monoisotopic (exact) mass is 290 g/mol. The van der Waals surface area contributed by atoms with Gasteiger partial charge in [-0.2, -0.15) is 0 Å². The van der Waals surface area contributed by atoms with Crippen LogP contribution in [0.15, 0.2) is 18.2 Å². The minimum absolute atomic E-state index is 0.112. The zero-order chi connectivity index (χ0) is 15.4. The summed E-state index contributed by atoms with van der Waals surface area (Å²) in [6, 6.07) is 4.97. The van der Waals surface area contributed by atoms with Crippen LogP contribution in [-0.2, 0) is 11.2 Å². The van der Waals surface area contributed by atoms with Crippen LogP contribution < -0.4 is 10.6 Å². The van der Waals surface area contributed by atoms with Crippen molar-refractivity contribution in [1.82, 2.24) is 0 Å². The molecule has 0 aromatic heterocycles. The van der Waals surface area contributed by atoms with E-state index in [1.54, 1.807) is 23.1 Å². The van der Waals surface area contributed by atoms with Crippen molar-refractivity contribution in [3.63, 3.8) is 0 Å². The zero-order valence-corrected chi connectivity index (χ0v) is 12.3. The molecule has 1 atom stereocenters. The average Bonchev–Trinajstić information content (AvgIpc) is 2.88. The number of anilines is 1. The van der Waals surface area contributed by atoms with E-state index < -0.39 is 5.97 Å². The van der Waals surface area contributed by atoms with Gasteiger partial charge in [-0.05, 0) is 55.5 Å². The molecule has 0 saturated carbocycles. The van der Waals surface area contributed by atoms with Gasteiger partial charge in [0.25, 0.3) is 0 Å². The Morgan fingerprint density at radius 1 is 1.38 bits per heavy atom. The molecule has 0 saturated heterocycles. The lowest BCUT2D eigenvalue weighted by Gasteiger charge is -2.18. The van der Waals surface area contributed by atoms with Gasteiger partial charge in [-0.25, -0.2) is 4.79 Å². The highest BCUT2D eigenvalue weighted by Crippen LogP contribution is 2.30. The molecule has 0 radical (unpaired) electrons. The first-order valence-corrected chi connectivity index (χ1v) is 7.39. The predicted octanol–water partition coefficient (Wildman–Crippen LogP) is 2.04. The van der Waals surface area contributed by atoms with Crippen LogP contribution in [-0.4, -0.2) is 30.1 Å². The van der Waals surface area contributed by atoms with Crippen LogP contribution in [0.3, 0.4) is 0 Å². The van der Waals surface area contributed by atoms with E-state index in [0.717, 1.165) is 30.5 Å². The molecule has 21 heavy (non-hydrogen) atoms. The lowest BCUT2D eigenvalue weighted by molar-refractivity contribution is -0.118. The quantitative estimate of drug-likeness (QED) is 0.839. The first kappa shape index (κ1) is 15.5. The van der Waals surface area contributed by atoms with Crippen LogP contribution >= 0.6 is 0 Å². The highest BCUT2D eigenvalue weighted by molar-refractivity contribution is 5.96. The number of carbonyl (C=O) groups excluding carboxylic acids is 1. The largest absolute Gasteiger partial charge is 0.478 e. The Hall–Kier alpha value is -1.88. The molecule has 0 bridgehead atoms. The van der Waals surface area contributed by atoms with Crippen LogP contribution in [0.4, 0.5) is 5.69 Å². The van der Waals surface area contributed by atoms with Gasteiger partial charge in [0.15, 0.2) is 0 Å². The van der Waals surface area contributed by atoms with Crippen molar-refractivity contribution in [3.05, 3.63) is 29.3 Å². The Bertz CT molecular complexity index is 542. The molecular formula is C16H22N2O3. The lowest BCUT2D eigenvalue weighted by Crippen LogP contribution is -2.29. The maximum atomic E-state index is 12.3. The first-order chi connectivity index (χ1) is 10.0. The molecule has 0 fully saturated rings. The fourth-order valence-electron chi connectivity index (χ4n) is 2.73. The number of fused-ring (bicyclic) bond motifs is 1. The van der Waals surface area contributed by atoms with Gasteiger partial charge in [0, 0.05) is 18.7 Å². The van der Waals surface area contributed by atoms with Gasteiger partial charge in [-0.1, -0.05) is 6.92 Å². The fourth-order valence-corrected chi connectivity index (χ4v) is 2.73. The van der Waals surface area contributed by atoms with E-state index in [0.29, 0.717) is 25.4 Å². The summed E-state index contributed by atoms with van der Waals surface area (Å²) >= 11 is 0. The molecule has 0 spiro atoms. The molecule has 1 aromatic carbocycles. The number of carboxylic acid groups (broad SMARTS) is 1. The molecule has 3 N–H and O–H groups in total. The van der Waals surface area contributed by atoms with Crippen LogP contribution in [0.2, 0.25) is 0 Å². The third kappa shape index (κ3) is 3.61. The molecule has 5 heteroatoms. The predicted molar refractivity (Wildman–Crippen MR) is 81.5 cm³/mol. The van der Waals surface area contributed by atoms with Gasteiger partial charge < -0.3 is 15.7 Å². The first-order valence-electron chi connectivity index (χ1n) is 7.39. The van der Waals surface area contributed by atoms with Crippen molar-refractivity contribution in [2.24, 2.45) is 11.7 Å². The van der Waals surface area contributed by atoms with Gasteiger partial charge in [-0.15, -0.1) is 0 Å². The van der Waals surface area contributed by atoms with E-state index in [4.69, 9.17) is 10.8 Å². The number of benzene rings is 1. The van der Waals surface area contributed by atoms with E-state index in [-0.39, 0.29) is 11.5 Å². The van der Waals surface area contributed by atoms with Crippen LogP contribution in [0.5, 0.6) is 0 Å². The number of amides is 1. The van der Waals surface area contributed by atoms with Crippen molar-refractivity contribution in [2.75, 3.05) is 18.0 Å². The number of hydrogen-bond donors (Lipinski definition) is 2. The minimum Gasteiger partial charge on any atom is -0.478 e. The standard InChI is InChI=1S/C16H22N2O3/c1-11(6-8-17)2-5-15(19)18-9-7-12-10-13(16(20)21)3-4-14(12)18/h3-4,10-11H,2,5-9,17H2,1H3,(H,20,21). The molecule has 1 aliphatic heterocycles. The summed E-state index contributed by atoms with van der Waals surface area (Å²) in [5, 5.41) is 9.00. The molecule has 5 nitrogen and oxygen atoms in total. The molecule has 1 amide bonds. The Morgan fingerprint density at radius 2 is 2.14 bits per heavy atom. The van der Waals surface area contributed by atoms with E-state index in [1.807, 2.05) is 0 Å². The summed E-state index contributed by atoms with van der Waals surface area (Å²) in [5.74, 6) is -0.366. The van der Waals surface area contributed by atoms with E-state index in [9.17, 15) is 9.59 Å². The average molecular weight is 290 g/mol. The summed E-state index contributed by atoms with van der Waals surface area (Å²) in [6.45, 7) is 3.40. The summed E-state index contributed by atoms with van der Waals surface area (Å²) < 4.78 is 0. The highest BCUT2D eigenvalue weighted by atomic mass is 16.4. The highest BCUT2D eigenvalue weighted by Gasteiger charge is 2.25. The molecule has 114 valence electrons. The fraction of sp³-hybridized carbons (Fsp3) is 0.500. The zero-order valence-electron chi connectivity index (χ0n) is 12.3. The molecular weight excluding hydrogens is 268 g/mol. The Balaban J connectivity index is 2.01. The lowest BCUT2D eigenvalue weighted by atomic mass is 10.0. The second kappa shape index (κ2) is 6.72. The van der Waals surface area contributed by atoms with Crippen molar-refractivity contribution < 1.29 is 14.7 Å². The summed E-state index contributed by atoms with van der Waals surface area (Å²) in [5.41, 5.74) is 7.59. The van der Waals surface area contributed by atoms with Crippen LogP contribution in [0.25, 0.3) is 0 Å². The number of nitrogens with zero attached hydrogens (tertiary/aromatic N) is 1. The number of carboxylic acids is 1. The Labute approximate surface area is 124 Å². The molecule has 1 heterocycles. The van der Waals surface area contributed by atoms with Gasteiger partial charge in [-0.3, -0.25) is 4.79 Å². The Morgan fingerprint density at radius 3 is 2.81 bits per heavy atom. The van der Waals surface area contributed by atoms with E-state index >= 15 is 0 Å². The SMILES string of the molecule is CC(CCN)CCC(=O)N1CCc2cc(C(=O)O)ccc21. The van der Waals surface area contributed by atoms with Crippen molar-refractivity contribution in [1.29, 1.82) is 0 Å². The normalized spacial score (nSPS) is 14.9. The second-order valence-corrected chi connectivity index (χ2v) is 5.67. The molecule has 1 aliphatic rings. The number of rotatable bonds is 6. The third-order valence-electron chi connectivity index (χ3n) is 4.03. The summed E-state index contributed by atoms with van der Waals surface area (Å²) in [7, 11) is 0.